The molecule has 2 aromatic carbocycles. The zero-order valence-electron chi connectivity index (χ0n) is 14.3. The summed E-state index contributed by atoms with van der Waals surface area (Å²) < 4.78 is 17.1. The third-order valence-electron chi connectivity index (χ3n) is 4.91. The van der Waals surface area contributed by atoms with Crippen molar-refractivity contribution in [2.45, 2.75) is 18.7 Å². The molecule has 0 amide bonds. The second-order valence-electron chi connectivity index (χ2n) is 6.40. The van der Waals surface area contributed by atoms with Gasteiger partial charge in [0.05, 0.1) is 25.1 Å². The van der Waals surface area contributed by atoms with Crippen LogP contribution in [0.4, 0.5) is 0 Å². The first-order valence-corrected chi connectivity index (χ1v) is 8.63. The summed E-state index contributed by atoms with van der Waals surface area (Å²) in [5.41, 5.74) is 3.29. The van der Waals surface area contributed by atoms with Crippen LogP contribution in [0.5, 0.6) is 11.5 Å². The SMILES string of the molecule is COc1ccc(C2=NN3[C@@H](C2)c2ccccc2O[C@H]3c2ccco2)cc1. The molecule has 0 spiro atoms. The average Bonchev–Trinajstić information content (AvgIpc) is 3.37. The zero-order chi connectivity index (χ0) is 17.5. The molecule has 1 aromatic heterocycles. The van der Waals surface area contributed by atoms with E-state index in [0.717, 1.165) is 40.5 Å². The van der Waals surface area contributed by atoms with E-state index in [1.54, 1.807) is 13.4 Å². The standard InChI is InChI=1S/C21H18N2O3/c1-24-15-10-8-14(9-11-15)17-13-18-16-5-2-3-6-19(16)26-21(23(18)22-17)20-7-4-12-25-20/h2-12,18,21H,13H2,1H3/t18-,21-/m0/s1. The Kier molecular flexibility index (Phi) is 3.45. The molecule has 5 nitrogen and oxygen atoms in total. The van der Waals surface area contributed by atoms with Gasteiger partial charge in [-0.1, -0.05) is 18.2 Å². The topological polar surface area (TPSA) is 47.2 Å². The van der Waals surface area contributed by atoms with Crippen molar-refractivity contribution >= 4 is 5.71 Å². The molecular formula is C21H18N2O3. The molecule has 0 radical (unpaired) electrons. The quantitative estimate of drug-likeness (QED) is 0.699. The second kappa shape index (κ2) is 5.95. The highest BCUT2D eigenvalue weighted by Crippen LogP contribution is 2.47. The van der Waals surface area contributed by atoms with Crippen LogP contribution >= 0.6 is 0 Å². The molecule has 0 unspecified atom stereocenters. The lowest BCUT2D eigenvalue weighted by Gasteiger charge is -2.36. The van der Waals surface area contributed by atoms with Gasteiger partial charge in [-0.2, -0.15) is 5.10 Å². The van der Waals surface area contributed by atoms with E-state index < -0.39 is 0 Å². The van der Waals surface area contributed by atoms with Gasteiger partial charge in [0.15, 0.2) is 5.76 Å². The summed E-state index contributed by atoms with van der Waals surface area (Å²) >= 11 is 0. The number of hydrazone groups is 1. The third kappa shape index (κ3) is 2.36. The Bertz CT molecular complexity index is 948. The summed E-state index contributed by atoms with van der Waals surface area (Å²) in [6, 6.07) is 20.1. The highest BCUT2D eigenvalue weighted by Gasteiger charge is 2.41. The molecule has 5 heteroatoms. The monoisotopic (exact) mass is 346 g/mol. The first-order chi connectivity index (χ1) is 12.8. The van der Waals surface area contributed by atoms with Crippen LogP contribution < -0.4 is 9.47 Å². The Morgan fingerprint density at radius 2 is 1.88 bits per heavy atom. The number of hydrogen-bond donors (Lipinski definition) is 0. The lowest BCUT2D eigenvalue weighted by molar-refractivity contribution is -0.0325. The number of ether oxygens (including phenoxy) is 2. The molecule has 0 saturated heterocycles. The number of hydrogen-bond acceptors (Lipinski definition) is 5. The van der Waals surface area contributed by atoms with Crippen molar-refractivity contribution in [1.82, 2.24) is 5.01 Å². The maximum atomic E-state index is 6.22. The predicted octanol–water partition coefficient (Wildman–Crippen LogP) is 4.53. The highest BCUT2D eigenvalue weighted by atomic mass is 16.5. The normalized spacial score (nSPS) is 20.8. The fourth-order valence-corrected chi connectivity index (χ4v) is 3.61. The smallest absolute Gasteiger partial charge is 0.246 e. The Morgan fingerprint density at radius 1 is 1.04 bits per heavy atom. The van der Waals surface area contributed by atoms with Crippen molar-refractivity contribution in [2.24, 2.45) is 5.10 Å². The van der Waals surface area contributed by atoms with Gasteiger partial charge in [0.1, 0.15) is 11.5 Å². The van der Waals surface area contributed by atoms with E-state index in [1.807, 2.05) is 59.6 Å². The fourth-order valence-electron chi connectivity index (χ4n) is 3.61. The number of furan rings is 1. The van der Waals surface area contributed by atoms with Crippen molar-refractivity contribution in [3.8, 4) is 11.5 Å². The summed E-state index contributed by atoms with van der Waals surface area (Å²) in [5, 5.41) is 6.91. The molecule has 0 fully saturated rings. The van der Waals surface area contributed by atoms with Crippen molar-refractivity contribution in [1.29, 1.82) is 0 Å². The van der Waals surface area contributed by atoms with E-state index in [9.17, 15) is 0 Å². The van der Waals surface area contributed by atoms with Gasteiger partial charge < -0.3 is 13.9 Å². The van der Waals surface area contributed by atoms with E-state index in [2.05, 4.69) is 6.07 Å². The Morgan fingerprint density at radius 3 is 2.65 bits per heavy atom. The van der Waals surface area contributed by atoms with E-state index in [1.165, 1.54) is 0 Å². The molecule has 0 bridgehead atoms. The summed E-state index contributed by atoms with van der Waals surface area (Å²) in [6.45, 7) is 0. The maximum absolute atomic E-state index is 6.22. The Balaban J connectivity index is 1.56. The summed E-state index contributed by atoms with van der Waals surface area (Å²) in [4.78, 5) is 0. The van der Waals surface area contributed by atoms with Crippen LogP contribution in [0.25, 0.3) is 0 Å². The van der Waals surface area contributed by atoms with Gasteiger partial charge in [-0.05, 0) is 48.0 Å². The molecule has 5 rings (SSSR count). The van der Waals surface area contributed by atoms with Crippen LogP contribution in [-0.4, -0.2) is 17.8 Å². The number of benzene rings is 2. The number of nitrogens with zero attached hydrogens (tertiary/aromatic N) is 2. The van der Waals surface area contributed by atoms with Gasteiger partial charge in [-0.25, -0.2) is 5.01 Å². The summed E-state index contributed by atoms with van der Waals surface area (Å²) in [5.74, 6) is 2.48. The first kappa shape index (κ1) is 15.1. The first-order valence-electron chi connectivity index (χ1n) is 8.63. The van der Waals surface area contributed by atoms with Gasteiger partial charge >= 0.3 is 0 Å². The van der Waals surface area contributed by atoms with E-state index in [0.29, 0.717) is 0 Å². The number of fused-ring (bicyclic) bond motifs is 3. The van der Waals surface area contributed by atoms with Gasteiger partial charge in [-0.15, -0.1) is 0 Å². The van der Waals surface area contributed by atoms with E-state index >= 15 is 0 Å². The van der Waals surface area contributed by atoms with Gasteiger partial charge in [-0.3, -0.25) is 0 Å². The van der Waals surface area contributed by atoms with Crippen molar-refractivity contribution in [3.05, 3.63) is 83.8 Å². The van der Waals surface area contributed by atoms with E-state index in [4.69, 9.17) is 19.0 Å². The van der Waals surface area contributed by atoms with Crippen LogP contribution in [0.15, 0.2) is 76.4 Å². The molecule has 3 heterocycles. The summed E-state index contributed by atoms with van der Waals surface area (Å²) in [6.07, 6.45) is 2.13. The van der Waals surface area contributed by atoms with Crippen LogP contribution in [-0.2, 0) is 0 Å². The minimum Gasteiger partial charge on any atom is -0.497 e. The minimum atomic E-state index is -0.361. The van der Waals surface area contributed by atoms with Gasteiger partial charge in [0.2, 0.25) is 6.23 Å². The lowest BCUT2D eigenvalue weighted by atomic mass is 9.96. The number of methoxy groups -OCH3 is 1. The lowest BCUT2D eigenvalue weighted by Crippen LogP contribution is -2.33. The number of para-hydroxylation sites is 1. The molecule has 0 saturated carbocycles. The largest absolute Gasteiger partial charge is 0.497 e. The molecule has 130 valence electrons. The van der Waals surface area contributed by atoms with Gasteiger partial charge in [0, 0.05) is 12.0 Å². The van der Waals surface area contributed by atoms with Crippen molar-refractivity contribution < 1.29 is 13.9 Å². The van der Waals surface area contributed by atoms with Gasteiger partial charge in [0.25, 0.3) is 0 Å². The van der Waals surface area contributed by atoms with Crippen LogP contribution in [0.2, 0.25) is 0 Å². The summed E-state index contributed by atoms with van der Waals surface area (Å²) in [7, 11) is 1.67. The molecule has 0 N–H and O–H groups in total. The molecule has 26 heavy (non-hydrogen) atoms. The van der Waals surface area contributed by atoms with E-state index in [-0.39, 0.29) is 12.3 Å². The molecule has 2 atom stereocenters. The van der Waals surface area contributed by atoms with Crippen LogP contribution in [0.3, 0.4) is 0 Å². The Labute approximate surface area is 151 Å². The molecule has 0 aliphatic carbocycles. The van der Waals surface area contributed by atoms with Crippen LogP contribution in [0.1, 0.15) is 35.6 Å². The van der Waals surface area contributed by atoms with Crippen molar-refractivity contribution in [2.75, 3.05) is 7.11 Å². The maximum Gasteiger partial charge on any atom is 0.246 e. The number of rotatable bonds is 3. The van der Waals surface area contributed by atoms with Crippen LogP contribution in [0, 0.1) is 0 Å². The Hall–Kier alpha value is -3.21. The average molecular weight is 346 g/mol. The molecule has 2 aliphatic rings. The molecular weight excluding hydrogens is 328 g/mol. The third-order valence-corrected chi connectivity index (χ3v) is 4.91. The highest BCUT2D eigenvalue weighted by molar-refractivity contribution is 6.02. The molecule has 3 aromatic rings. The predicted molar refractivity (Wildman–Crippen MR) is 97.2 cm³/mol. The minimum absolute atomic E-state index is 0.132. The zero-order valence-corrected chi connectivity index (χ0v) is 14.3. The fraction of sp³-hybridized carbons (Fsp3) is 0.190. The second-order valence-corrected chi connectivity index (χ2v) is 6.40. The molecule has 2 aliphatic heterocycles. The van der Waals surface area contributed by atoms with Crippen molar-refractivity contribution in [3.63, 3.8) is 0 Å².